The summed E-state index contributed by atoms with van der Waals surface area (Å²) in [6.07, 6.45) is 0.535. The van der Waals surface area contributed by atoms with Crippen LogP contribution in [0.2, 0.25) is 0 Å². The SMILES string of the molecule is CCOC(=O)N1CCC(NS(=O)(=O)Cc2ccccc2[N+](=O)[O-])CC1. The zero-order valence-corrected chi connectivity index (χ0v) is 14.7. The summed E-state index contributed by atoms with van der Waals surface area (Å²) in [5, 5.41) is 11.0. The van der Waals surface area contributed by atoms with E-state index in [2.05, 4.69) is 4.72 Å². The standard InChI is InChI=1S/C15H21N3O6S/c1-2-24-15(19)17-9-7-13(8-10-17)16-25(22,23)11-12-5-3-4-6-14(12)18(20)21/h3-6,13,16H,2,7-11H2,1H3. The van der Waals surface area contributed by atoms with Crippen molar-refractivity contribution in [3.8, 4) is 0 Å². The molecule has 0 bridgehead atoms. The molecular formula is C15H21N3O6S. The zero-order valence-electron chi connectivity index (χ0n) is 13.9. The molecule has 138 valence electrons. The molecule has 1 N–H and O–H groups in total. The minimum Gasteiger partial charge on any atom is -0.450 e. The molecule has 1 aromatic carbocycles. The number of nitrogens with one attached hydrogen (secondary N) is 1. The molecule has 0 atom stereocenters. The minimum atomic E-state index is -3.73. The molecule has 0 aromatic heterocycles. The molecule has 1 aliphatic heterocycles. The first-order valence-corrected chi connectivity index (χ1v) is 9.61. The van der Waals surface area contributed by atoms with Crippen molar-refractivity contribution in [1.29, 1.82) is 0 Å². The molecule has 1 saturated heterocycles. The van der Waals surface area contributed by atoms with Crippen LogP contribution in [0.1, 0.15) is 25.3 Å². The average molecular weight is 371 g/mol. The van der Waals surface area contributed by atoms with Crippen LogP contribution in [0.25, 0.3) is 0 Å². The van der Waals surface area contributed by atoms with E-state index in [4.69, 9.17) is 4.74 Å². The van der Waals surface area contributed by atoms with E-state index in [1.807, 2.05) is 0 Å². The van der Waals surface area contributed by atoms with Crippen molar-refractivity contribution in [2.75, 3.05) is 19.7 Å². The van der Waals surface area contributed by atoms with Crippen molar-refractivity contribution in [2.24, 2.45) is 0 Å². The molecule has 1 amide bonds. The van der Waals surface area contributed by atoms with Gasteiger partial charge in [0.15, 0.2) is 0 Å². The third-order valence-electron chi connectivity index (χ3n) is 3.90. The van der Waals surface area contributed by atoms with Gasteiger partial charge < -0.3 is 9.64 Å². The molecule has 0 unspecified atom stereocenters. The van der Waals surface area contributed by atoms with Gasteiger partial charge in [-0.2, -0.15) is 0 Å². The van der Waals surface area contributed by atoms with Crippen LogP contribution in [0.5, 0.6) is 0 Å². The first kappa shape index (κ1) is 19.1. The highest BCUT2D eigenvalue weighted by molar-refractivity contribution is 7.88. The maximum Gasteiger partial charge on any atom is 0.409 e. The molecule has 2 rings (SSSR count). The van der Waals surface area contributed by atoms with E-state index in [1.54, 1.807) is 13.0 Å². The molecule has 25 heavy (non-hydrogen) atoms. The van der Waals surface area contributed by atoms with Gasteiger partial charge in [0.25, 0.3) is 5.69 Å². The zero-order chi connectivity index (χ0) is 18.4. The van der Waals surface area contributed by atoms with Gasteiger partial charge in [-0.25, -0.2) is 17.9 Å². The number of likely N-dealkylation sites (tertiary alicyclic amines) is 1. The molecule has 0 radical (unpaired) electrons. The number of para-hydroxylation sites is 1. The highest BCUT2D eigenvalue weighted by atomic mass is 32.2. The Kier molecular flexibility index (Phi) is 6.32. The molecule has 0 spiro atoms. The second-order valence-electron chi connectivity index (χ2n) is 5.72. The van der Waals surface area contributed by atoms with Gasteiger partial charge in [-0.3, -0.25) is 10.1 Å². The summed E-state index contributed by atoms with van der Waals surface area (Å²) in [7, 11) is -3.73. The smallest absolute Gasteiger partial charge is 0.409 e. The number of rotatable bonds is 6. The number of nitrogens with zero attached hydrogens (tertiary/aromatic N) is 2. The number of nitro benzene ring substituents is 1. The molecule has 9 nitrogen and oxygen atoms in total. The highest BCUT2D eigenvalue weighted by Crippen LogP contribution is 2.20. The number of sulfonamides is 1. The number of piperidine rings is 1. The average Bonchev–Trinajstić information content (AvgIpc) is 2.55. The van der Waals surface area contributed by atoms with E-state index < -0.39 is 26.8 Å². The number of nitro groups is 1. The van der Waals surface area contributed by atoms with Crippen molar-refractivity contribution in [3.63, 3.8) is 0 Å². The molecule has 10 heteroatoms. The van der Waals surface area contributed by atoms with E-state index in [0.717, 1.165) is 0 Å². The van der Waals surface area contributed by atoms with Gasteiger partial charge in [-0.1, -0.05) is 18.2 Å². The molecule has 0 aliphatic carbocycles. The Balaban J connectivity index is 1.95. The van der Waals surface area contributed by atoms with E-state index >= 15 is 0 Å². The Morgan fingerprint density at radius 2 is 2.00 bits per heavy atom. The van der Waals surface area contributed by atoms with Crippen LogP contribution in [-0.4, -0.2) is 50.1 Å². The Morgan fingerprint density at radius 3 is 2.60 bits per heavy atom. The normalized spacial score (nSPS) is 15.8. The summed E-state index contributed by atoms with van der Waals surface area (Å²) in [6.45, 7) is 2.82. The van der Waals surface area contributed by atoms with Crippen LogP contribution in [0.3, 0.4) is 0 Å². The van der Waals surface area contributed by atoms with Gasteiger partial charge in [0.05, 0.1) is 17.3 Å². The maximum absolute atomic E-state index is 12.3. The predicted molar refractivity (Wildman–Crippen MR) is 90.5 cm³/mol. The fraction of sp³-hybridized carbons (Fsp3) is 0.533. The topological polar surface area (TPSA) is 119 Å². The summed E-state index contributed by atoms with van der Waals surface area (Å²) in [5.74, 6) is -0.456. The first-order chi connectivity index (χ1) is 11.8. The summed E-state index contributed by atoms with van der Waals surface area (Å²) in [4.78, 5) is 23.6. The largest absolute Gasteiger partial charge is 0.450 e. The van der Waals surface area contributed by atoms with Gasteiger partial charge in [-0.15, -0.1) is 0 Å². The molecule has 1 aliphatic rings. The molecular weight excluding hydrogens is 350 g/mol. The van der Waals surface area contributed by atoms with Crippen LogP contribution >= 0.6 is 0 Å². The van der Waals surface area contributed by atoms with E-state index in [0.29, 0.717) is 32.5 Å². The van der Waals surface area contributed by atoms with Crippen LogP contribution < -0.4 is 4.72 Å². The Bertz CT molecular complexity index is 729. The molecule has 1 aromatic rings. The third kappa shape index (κ3) is 5.40. The summed E-state index contributed by atoms with van der Waals surface area (Å²) in [6, 6.07) is 5.46. The predicted octanol–water partition coefficient (Wildman–Crippen LogP) is 1.64. The van der Waals surface area contributed by atoms with Gasteiger partial charge >= 0.3 is 6.09 Å². The van der Waals surface area contributed by atoms with Gasteiger partial charge in [0.2, 0.25) is 10.0 Å². The molecule has 0 saturated carbocycles. The Hall–Kier alpha value is -2.20. The number of carbonyl (C=O) groups is 1. The summed E-state index contributed by atoms with van der Waals surface area (Å²) in [5.41, 5.74) is -0.0750. The fourth-order valence-electron chi connectivity index (χ4n) is 2.71. The molecule has 1 heterocycles. The van der Waals surface area contributed by atoms with Crippen molar-refractivity contribution < 1.29 is 22.9 Å². The quantitative estimate of drug-likeness (QED) is 0.600. The minimum absolute atomic E-state index is 0.143. The lowest BCUT2D eigenvalue weighted by atomic mass is 10.1. The van der Waals surface area contributed by atoms with Crippen molar-refractivity contribution in [3.05, 3.63) is 39.9 Å². The van der Waals surface area contributed by atoms with Gasteiger partial charge in [-0.05, 0) is 19.8 Å². The summed E-state index contributed by atoms with van der Waals surface area (Å²) >= 11 is 0. The number of hydrogen-bond donors (Lipinski definition) is 1. The van der Waals surface area contributed by atoms with Gasteiger partial charge in [0.1, 0.15) is 0 Å². The van der Waals surface area contributed by atoms with Crippen LogP contribution in [0.4, 0.5) is 10.5 Å². The van der Waals surface area contributed by atoms with Crippen molar-refractivity contribution in [2.45, 2.75) is 31.6 Å². The fourth-order valence-corrected chi connectivity index (χ4v) is 4.19. The molecule has 1 fully saturated rings. The second-order valence-corrected chi connectivity index (χ2v) is 7.48. The number of benzene rings is 1. The number of carbonyl (C=O) groups excluding carboxylic acids is 1. The van der Waals surface area contributed by atoms with E-state index in [-0.39, 0.29) is 17.3 Å². The second kappa shape index (κ2) is 8.26. The number of ether oxygens (including phenoxy) is 1. The maximum atomic E-state index is 12.3. The monoisotopic (exact) mass is 371 g/mol. The summed E-state index contributed by atoms with van der Waals surface area (Å²) < 4.78 is 32.1. The lowest BCUT2D eigenvalue weighted by Gasteiger charge is -2.31. The van der Waals surface area contributed by atoms with E-state index in [1.165, 1.54) is 23.1 Å². The van der Waals surface area contributed by atoms with Gasteiger partial charge in [0, 0.05) is 30.8 Å². The third-order valence-corrected chi connectivity index (χ3v) is 5.28. The number of hydrogen-bond acceptors (Lipinski definition) is 6. The Morgan fingerprint density at radius 1 is 1.36 bits per heavy atom. The highest BCUT2D eigenvalue weighted by Gasteiger charge is 2.27. The van der Waals surface area contributed by atoms with Crippen LogP contribution in [0.15, 0.2) is 24.3 Å². The lowest BCUT2D eigenvalue weighted by molar-refractivity contribution is -0.385. The lowest BCUT2D eigenvalue weighted by Crippen LogP contribution is -2.46. The van der Waals surface area contributed by atoms with Crippen molar-refractivity contribution >= 4 is 21.8 Å². The Labute approximate surface area is 146 Å². The van der Waals surface area contributed by atoms with Crippen LogP contribution in [0, 0.1) is 10.1 Å². The van der Waals surface area contributed by atoms with Crippen LogP contribution in [-0.2, 0) is 20.5 Å². The number of amides is 1. The van der Waals surface area contributed by atoms with Crippen molar-refractivity contribution in [1.82, 2.24) is 9.62 Å². The first-order valence-electron chi connectivity index (χ1n) is 7.96. The van der Waals surface area contributed by atoms with E-state index in [9.17, 15) is 23.3 Å².